The van der Waals surface area contributed by atoms with E-state index in [9.17, 15) is 33.6 Å². The number of aldehydes is 1. The molecule has 0 spiro atoms. The van der Waals surface area contributed by atoms with Crippen molar-refractivity contribution >= 4 is 41.9 Å². The third-order valence-corrected chi connectivity index (χ3v) is 13.6. The lowest BCUT2D eigenvalue weighted by atomic mass is 9.91. The molecule has 510 valence electrons. The van der Waals surface area contributed by atoms with E-state index in [1.807, 2.05) is 20.8 Å². The van der Waals surface area contributed by atoms with Crippen molar-refractivity contribution in [1.82, 2.24) is 0 Å². The van der Waals surface area contributed by atoms with E-state index in [2.05, 4.69) is 80.9 Å². The molecule has 0 amide bonds. The number of esters is 5. The van der Waals surface area contributed by atoms with Gasteiger partial charge in [-0.2, -0.15) is 0 Å². The normalized spacial score (nSPS) is 10.9. The molecule has 0 heterocycles. The highest BCUT2D eigenvalue weighted by Gasteiger charge is 2.23. The Morgan fingerprint density at radius 1 is 0.376 bits per heavy atom. The minimum Gasteiger partial charge on any atom is -0.466 e. The molecule has 85 heavy (non-hydrogen) atoms. The van der Waals surface area contributed by atoms with Crippen molar-refractivity contribution < 1.29 is 62.0 Å². The Bertz CT molecular complexity index is 1330. The fourth-order valence-electron chi connectivity index (χ4n) is 7.88. The first-order valence-electron chi connectivity index (χ1n) is 35.1. The summed E-state index contributed by atoms with van der Waals surface area (Å²) in [4.78, 5) is 81.1. The number of hydrogen-bond donors (Lipinski definition) is 0. The number of unbranched alkanes of at least 4 members (excludes halogenated alkanes) is 21. The molecule has 0 aromatic carbocycles. The van der Waals surface area contributed by atoms with Crippen molar-refractivity contribution in [2.75, 3.05) is 46.8 Å². The second-order valence-electron chi connectivity index (χ2n) is 22.8. The van der Waals surface area contributed by atoms with E-state index >= 15 is 0 Å². The van der Waals surface area contributed by atoms with Crippen LogP contribution in [0.5, 0.6) is 0 Å². The molecule has 0 N–H and O–H groups in total. The van der Waals surface area contributed by atoms with Crippen LogP contribution in [0.25, 0.3) is 0 Å². The van der Waals surface area contributed by atoms with Crippen LogP contribution in [0, 0.1) is 23.7 Å². The maximum Gasteiger partial charge on any atom is 0.306 e. The number of carbonyl (C=O) groups excluding carboxylic acids is 7. The summed E-state index contributed by atoms with van der Waals surface area (Å²) in [5.41, 5.74) is 0. The summed E-state index contributed by atoms with van der Waals surface area (Å²) in [7, 11) is 1.77. The average molecular weight is 1220 g/mol. The van der Waals surface area contributed by atoms with Crippen LogP contribution in [0.2, 0.25) is 0 Å². The second kappa shape index (κ2) is 84.9. The van der Waals surface area contributed by atoms with Crippen LogP contribution >= 0.6 is 0 Å². The third-order valence-electron chi connectivity index (χ3n) is 13.6. The predicted molar refractivity (Wildman–Crippen MR) is 358 cm³/mol. The standard InChI is InChI=1S/C30H56O5.C17H30O5.C9H20O.C5H10O2.C5H12.C4H10.C2H6/c1-5-8-10-12-14-16-21-34-29(32)24-27(23-28(31)20-19-26(4)18-7-3)25-30(33)35-22-17-15-13-11-9-6-2;1-3-5-6-7-8-9-12-22-17(20)14-15(10-11-18)13-16(19)21-4-2;1-3-4-5-6-7-8-9-10-2;1-3-4-7-5(2)6;1-4-5(2)3;1-3-4-2;1-2/h26-27H,5-25H2,1-4H3;11,15H,3-10,12-14H2,1-2H3;3-9H2,1-2H3;3-4H2,1-2H3;5H,4H2,1-3H3;3-4H2,1-2H3;1-2H3. The summed E-state index contributed by atoms with van der Waals surface area (Å²) >= 11 is 0. The van der Waals surface area contributed by atoms with Crippen molar-refractivity contribution in [1.29, 1.82) is 0 Å². The number of hydrogen-bond acceptors (Lipinski definition) is 13. The zero-order valence-corrected chi connectivity index (χ0v) is 59.3. The molecule has 0 radical (unpaired) electrons. The molecule has 0 saturated heterocycles. The number of carbonyl (C=O) groups is 7. The molecule has 0 rings (SSSR count). The Kier molecular flexibility index (Phi) is 95.1. The van der Waals surface area contributed by atoms with Gasteiger partial charge in [0.2, 0.25) is 0 Å². The van der Waals surface area contributed by atoms with Crippen LogP contribution in [-0.4, -0.2) is 88.7 Å². The minimum absolute atomic E-state index is 0.0820. The predicted octanol–water partition coefficient (Wildman–Crippen LogP) is 20.6. The van der Waals surface area contributed by atoms with Crippen LogP contribution in [0.15, 0.2) is 0 Å². The van der Waals surface area contributed by atoms with Gasteiger partial charge in [-0.05, 0) is 69.1 Å². The summed E-state index contributed by atoms with van der Waals surface area (Å²) in [6.07, 6.45) is 38.5. The molecule has 0 bridgehead atoms. The summed E-state index contributed by atoms with van der Waals surface area (Å²) < 4.78 is 30.3. The Labute approximate surface area is 526 Å². The van der Waals surface area contributed by atoms with Crippen molar-refractivity contribution in [3.8, 4) is 0 Å². The molecule has 0 aliphatic rings. The lowest BCUT2D eigenvalue weighted by Crippen LogP contribution is -2.20. The van der Waals surface area contributed by atoms with E-state index in [4.69, 9.17) is 23.7 Å². The highest BCUT2D eigenvalue weighted by Crippen LogP contribution is 2.21. The summed E-state index contributed by atoms with van der Waals surface area (Å²) in [5, 5.41) is 0. The molecule has 2 atom stereocenters. The Morgan fingerprint density at radius 3 is 1.00 bits per heavy atom. The molecule has 0 fully saturated rings. The first-order chi connectivity index (χ1) is 40.9. The van der Waals surface area contributed by atoms with Gasteiger partial charge in [-0.25, -0.2) is 0 Å². The van der Waals surface area contributed by atoms with Gasteiger partial charge in [0.1, 0.15) is 12.1 Å². The van der Waals surface area contributed by atoms with Gasteiger partial charge >= 0.3 is 29.8 Å². The first kappa shape index (κ1) is 95.3. The van der Waals surface area contributed by atoms with Crippen LogP contribution < -0.4 is 0 Å². The van der Waals surface area contributed by atoms with Crippen molar-refractivity contribution in [2.45, 2.75) is 355 Å². The maximum absolute atomic E-state index is 12.6. The van der Waals surface area contributed by atoms with Gasteiger partial charge in [-0.1, -0.05) is 257 Å². The molecule has 0 aromatic rings. The van der Waals surface area contributed by atoms with E-state index < -0.39 is 0 Å². The zero-order chi connectivity index (χ0) is 65.8. The topological polar surface area (TPSA) is 175 Å². The van der Waals surface area contributed by atoms with Crippen LogP contribution in [0.3, 0.4) is 0 Å². The molecule has 13 heteroatoms. The monoisotopic (exact) mass is 1220 g/mol. The van der Waals surface area contributed by atoms with Crippen LogP contribution in [-0.2, 0) is 62.0 Å². The van der Waals surface area contributed by atoms with Gasteiger partial charge in [-0.3, -0.25) is 28.8 Å². The Morgan fingerprint density at radius 2 is 0.718 bits per heavy atom. The Balaban J connectivity index is -0.000000204. The quantitative estimate of drug-likeness (QED) is 0.0244. The lowest BCUT2D eigenvalue weighted by Gasteiger charge is -2.16. The van der Waals surface area contributed by atoms with Crippen molar-refractivity contribution in [3.05, 3.63) is 0 Å². The van der Waals surface area contributed by atoms with Crippen molar-refractivity contribution in [3.63, 3.8) is 0 Å². The van der Waals surface area contributed by atoms with E-state index in [0.717, 1.165) is 83.0 Å². The van der Waals surface area contributed by atoms with Gasteiger partial charge < -0.3 is 33.2 Å². The van der Waals surface area contributed by atoms with Gasteiger partial charge in [0.15, 0.2) is 0 Å². The van der Waals surface area contributed by atoms with Gasteiger partial charge in [0, 0.05) is 65.6 Å². The maximum atomic E-state index is 12.6. The molecule has 0 saturated carbocycles. The van der Waals surface area contributed by atoms with Crippen LogP contribution in [0.4, 0.5) is 0 Å². The second-order valence-corrected chi connectivity index (χ2v) is 22.8. The molecule has 0 aliphatic heterocycles. The molecule has 0 aromatic heterocycles. The largest absolute Gasteiger partial charge is 0.466 e. The van der Waals surface area contributed by atoms with E-state index in [0.29, 0.717) is 45.4 Å². The van der Waals surface area contributed by atoms with Crippen molar-refractivity contribution in [2.24, 2.45) is 23.7 Å². The first-order valence-corrected chi connectivity index (χ1v) is 35.1. The zero-order valence-electron chi connectivity index (χ0n) is 59.3. The average Bonchev–Trinajstić information content (AvgIpc) is 3.51. The third kappa shape index (κ3) is 97.2. The van der Waals surface area contributed by atoms with E-state index in [1.54, 1.807) is 14.0 Å². The SMILES string of the molecule is CC.CCC(C)C.CCCC.CCCCCCCCOC.CCCCCCCCOC(=O)CC(CC(=O)CCC(C)CCC)CC(=O)OCCCCCCCC.CCCCCCCCOC(=O)CC(CC=O)CC(=O)OCC.CCCOC(C)=O. The molecule has 13 nitrogen and oxygen atoms in total. The lowest BCUT2D eigenvalue weighted by molar-refractivity contribution is -0.149. The number of Topliss-reactive ketones (excluding diaryl/α,β-unsaturated/α-hetero) is 1. The van der Waals surface area contributed by atoms with E-state index in [1.165, 1.54) is 142 Å². The highest BCUT2D eigenvalue weighted by molar-refractivity contribution is 5.81. The fourth-order valence-corrected chi connectivity index (χ4v) is 7.88. The van der Waals surface area contributed by atoms with Crippen LogP contribution in [0.1, 0.15) is 355 Å². The smallest absolute Gasteiger partial charge is 0.306 e. The van der Waals surface area contributed by atoms with E-state index in [-0.39, 0.29) is 86.0 Å². The van der Waals surface area contributed by atoms with Gasteiger partial charge in [0.05, 0.1) is 33.0 Å². The number of ketones is 1. The summed E-state index contributed by atoms with van der Waals surface area (Å²) in [6.45, 7) is 36.3. The van der Waals surface area contributed by atoms with Gasteiger partial charge in [-0.15, -0.1) is 0 Å². The van der Waals surface area contributed by atoms with Gasteiger partial charge in [0.25, 0.3) is 0 Å². The fraction of sp³-hybridized carbons (Fsp3) is 0.903. The minimum atomic E-state index is -0.377. The molecular formula is C72H144O13. The summed E-state index contributed by atoms with van der Waals surface area (Å²) in [6, 6.07) is 0. The Hall–Kier alpha value is -3.35. The number of methoxy groups -OCH3 is 1. The number of rotatable bonds is 50. The molecular weight excluding hydrogens is 1070 g/mol. The molecule has 2 unspecified atom stereocenters. The summed E-state index contributed by atoms with van der Waals surface area (Å²) in [5.74, 6) is -0.650. The highest BCUT2D eigenvalue weighted by atomic mass is 16.5. The molecule has 0 aliphatic carbocycles. The number of ether oxygens (including phenoxy) is 6.